The molecule has 6 heteroatoms. The molecule has 1 rings (SSSR count). The molecule has 0 unspecified atom stereocenters. The van der Waals surface area contributed by atoms with Crippen LogP contribution >= 0.6 is 0 Å². The molecule has 0 amide bonds. The van der Waals surface area contributed by atoms with E-state index in [2.05, 4.69) is 10.5 Å². The van der Waals surface area contributed by atoms with Gasteiger partial charge in [0.05, 0.1) is 12.8 Å². The number of hydrogen-bond acceptors (Lipinski definition) is 5. The van der Waals surface area contributed by atoms with Crippen molar-refractivity contribution in [3.8, 4) is 11.8 Å². The summed E-state index contributed by atoms with van der Waals surface area (Å²) in [5.74, 6) is 0.419. The van der Waals surface area contributed by atoms with Gasteiger partial charge in [0.25, 0.3) is 0 Å². The van der Waals surface area contributed by atoms with Gasteiger partial charge in [0.2, 0.25) is 5.71 Å². The second-order valence-electron chi connectivity index (χ2n) is 3.66. The Morgan fingerprint density at radius 1 is 1.44 bits per heavy atom. The van der Waals surface area contributed by atoms with Crippen LogP contribution in [0.15, 0.2) is 17.2 Å². The van der Waals surface area contributed by atoms with Crippen LogP contribution in [0.4, 0.5) is 5.69 Å². The van der Waals surface area contributed by atoms with Gasteiger partial charge in [-0.1, -0.05) is 0 Å². The van der Waals surface area contributed by atoms with Gasteiger partial charge in [-0.05, 0) is 37.1 Å². The van der Waals surface area contributed by atoms with E-state index in [4.69, 9.17) is 21.1 Å². The van der Waals surface area contributed by atoms with Crippen molar-refractivity contribution in [2.24, 2.45) is 10.8 Å². The Morgan fingerprint density at radius 2 is 2.11 bits per heavy atom. The van der Waals surface area contributed by atoms with Gasteiger partial charge >= 0.3 is 0 Å². The Bertz CT molecular complexity index is 542. The van der Waals surface area contributed by atoms with E-state index in [0.717, 1.165) is 22.6 Å². The maximum Gasteiger partial charge on any atom is 0.201 e. The summed E-state index contributed by atoms with van der Waals surface area (Å²) in [6.45, 7) is 3.84. The third-order valence-electron chi connectivity index (χ3n) is 2.61. The standard InChI is InChI=1S/C12H15N5O/c1-7-8(2)11(18-3)5-4-9(7)16-17-10(6-13)12(14)15/h4-5,16H,1-3H3,(H3,14,15)/b17-10+. The lowest BCUT2D eigenvalue weighted by molar-refractivity contribution is 0.411. The number of anilines is 1. The number of benzene rings is 1. The van der Waals surface area contributed by atoms with Crippen LogP contribution in [-0.4, -0.2) is 18.7 Å². The number of nitriles is 1. The molecule has 0 radical (unpaired) electrons. The van der Waals surface area contributed by atoms with Crippen molar-refractivity contribution in [1.29, 1.82) is 10.7 Å². The molecule has 0 aromatic heterocycles. The van der Waals surface area contributed by atoms with E-state index in [-0.39, 0.29) is 11.5 Å². The number of rotatable bonds is 4. The maximum atomic E-state index is 8.72. The minimum absolute atomic E-state index is 0.150. The highest BCUT2D eigenvalue weighted by atomic mass is 16.5. The highest BCUT2D eigenvalue weighted by Crippen LogP contribution is 2.27. The summed E-state index contributed by atoms with van der Waals surface area (Å²) >= 11 is 0. The Kier molecular flexibility index (Phi) is 4.27. The molecule has 0 heterocycles. The van der Waals surface area contributed by atoms with Gasteiger partial charge in [0.15, 0.2) is 5.84 Å². The number of nitrogens with zero attached hydrogens (tertiary/aromatic N) is 2. The highest BCUT2D eigenvalue weighted by molar-refractivity contribution is 6.45. The normalized spacial score (nSPS) is 10.7. The molecule has 0 aliphatic heterocycles. The van der Waals surface area contributed by atoms with E-state index in [1.54, 1.807) is 25.3 Å². The Balaban J connectivity index is 3.04. The van der Waals surface area contributed by atoms with Gasteiger partial charge in [0, 0.05) is 0 Å². The van der Waals surface area contributed by atoms with Crippen LogP contribution in [-0.2, 0) is 0 Å². The molecule has 4 N–H and O–H groups in total. The summed E-state index contributed by atoms with van der Waals surface area (Å²) in [5.41, 5.74) is 10.5. The Labute approximate surface area is 106 Å². The van der Waals surface area contributed by atoms with Crippen LogP contribution in [0.25, 0.3) is 0 Å². The van der Waals surface area contributed by atoms with Crippen molar-refractivity contribution in [1.82, 2.24) is 0 Å². The lowest BCUT2D eigenvalue weighted by Crippen LogP contribution is -2.22. The highest BCUT2D eigenvalue weighted by Gasteiger charge is 2.07. The van der Waals surface area contributed by atoms with E-state index < -0.39 is 0 Å². The largest absolute Gasteiger partial charge is 0.496 e. The van der Waals surface area contributed by atoms with Crippen molar-refractivity contribution in [2.45, 2.75) is 13.8 Å². The third-order valence-corrected chi connectivity index (χ3v) is 2.61. The molecule has 6 nitrogen and oxygen atoms in total. The van der Waals surface area contributed by atoms with Gasteiger partial charge in [0.1, 0.15) is 11.8 Å². The van der Waals surface area contributed by atoms with Crippen molar-refractivity contribution < 1.29 is 4.74 Å². The molecule has 94 valence electrons. The molecule has 1 aromatic carbocycles. The number of ether oxygens (including phenoxy) is 1. The molecule has 0 saturated carbocycles. The predicted molar refractivity (Wildman–Crippen MR) is 71.1 cm³/mol. The summed E-state index contributed by atoms with van der Waals surface area (Å²) in [6.07, 6.45) is 0. The quantitative estimate of drug-likeness (QED) is 0.425. The van der Waals surface area contributed by atoms with Crippen LogP contribution in [0, 0.1) is 30.6 Å². The van der Waals surface area contributed by atoms with Gasteiger partial charge in [-0.3, -0.25) is 10.8 Å². The summed E-state index contributed by atoms with van der Waals surface area (Å²) in [4.78, 5) is 0. The van der Waals surface area contributed by atoms with E-state index in [0.29, 0.717) is 0 Å². The van der Waals surface area contributed by atoms with Gasteiger partial charge in [-0.25, -0.2) is 0 Å². The number of hydrogen-bond donors (Lipinski definition) is 3. The van der Waals surface area contributed by atoms with Crippen LogP contribution in [0.2, 0.25) is 0 Å². The predicted octanol–water partition coefficient (Wildman–Crippen LogP) is 1.54. The Morgan fingerprint density at radius 3 is 2.61 bits per heavy atom. The SMILES string of the molecule is COc1ccc(N/N=C(\C#N)C(=N)N)c(C)c1C. The van der Waals surface area contributed by atoms with Crippen LogP contribution < -0.4 is 15.9 Å². The fourth-order valence-electron chi connectivity index (χ4n) is 1.40. The topological polar surface area (TPSA) is 107 Å². The minimum atomic E-state index is -0.368. The summed E-state index contributed by atoms with van der Waals surface area (Å²) < 4.78 is 5.20. The zero-order chi connectivity index (χ0) is 13.7. The number of amidine groups is 1. The lowest BCUT2D eigenvalue weighted by Gasteiger charge is -2.11. The zero-order valence-electron chi connectivity index (χ0n) is 10.5. The fraction of sp³-hybridized carbons (Fsp3) is 0.250. The first-order valence-electron chi connectivity index (χ1n) is 5.23. The average Bonchev–Trinajstić information content (AvgIpc) is 2.34. The summed E-state index contributed by atoms with van der Waals surface area (Å²) in [5, 5.41) is 19.6. The first-order chi connectivity index (χ1) is 8.51. The van der Waals surface area contributed by atoms with E-state index in [9.17, 15) is 0 Å². The zero-order valence-corrected chi connectivity index (χ0v) is 10.5. The van der Waals surface area contributed by atoms with Crippen molar-refractivity contribution in [2.75, 3.05) is 12.5 Å². The van der Waals surface area contributed by atoms with Crippen molar-refractivity contribution >= 4 is 17.2 Å². The number of nitrogens with two attached hydrogens (primary N) is 1. The number of methoxy groups -OCH3 is 1. The van der Waals surface area contributed by atoms with Crippen molar-refractivity contribution in [3.63, 3.8) is 0 Å². The maximum absolute atomic E-state index is 8.72. The van der Waals surface area contributed by atoms with Gasteiger partial charge in [-0.15, -0.1) is 0 Å². The van der Waals surface area contributed by atoms with E-state index >= 15 is 0 Å². The van der Waals surface area contributed by atoms with E-state index in [1.165, 1.54) is 0 Å². The molecule has 0 fully saturated rings. The molecule has 0 bridgehead atoms. The fourth-order valence-corrected chi connectivity index (χ4v) is 1.40. The second-order valence-corrected chi connectivity index (χ2v) is 3.66. The second kappa shape index (κ2) is 5.68. The summed E-state index contributed by atoms with van der Waals surface area (Å²) in [7, 11) is 1.61. The van der Waals surface area contributed by atoms with Crippen LogP contribution in [0.3, 0.4) is 0 Å². The molecular formula is C12H15N5O. The molecule has 0 spiro atoms. The first-order valence-corrected chi connectivity index (χ1v) is 5.23. The third kappa shape index (κ3) is 2.77. The molecule has 1 aromatic rings. The lowest BCUT2D eigenvalue weighted by atomic mass is 10.1. The number of hydrazone groups is 1. The molecule has 18 heavy (non-hydrogen) atoms. The molecule has 0 aliphatic rings. The smallest absolute Gasteiger partial charge is 0.201 e. The number of nitrogens with one attached hydrogen (secondary N) is 2. The molecule has 0 atom stereocenters. The molecule has 0 aliphatic carbocycles. The van der Waals surface area contributed by atoms with Gasteiger partial charge in [-0.2, -0.15) is 10.4 Å². The Hall–Kier alpha value is -2.55. The minimum Gasteiger partial charge on any atom is -0.496 e. The van der Waals surface area contributed by atoms with Crippen molar-refractivity contribution in [3.05, 3.63) is 23.3 Å². The molecular weight excluding hydrogens is 230 g/mol. The first kappa shape index (κ1) is 13.5. The monoisotopic (exact) mass is 245 g/mol. The average molecular weight is 245 g/mol. The van der Waals surface area contributed by atoms with Crippen LogP contribution in [0.1, 0.15) is 11.1 Å². The summed E-state index contributed by atoms with van der Waals surface area (Å²) in [6, 6.07) is 5.34. The van der Waals surface area contributed by atoms with E-state index in [1.807, 2.05) is 13.8 Å². The van der Waals surface area contributed by atoms with Crippen LogP contribution in [0.5, 0.6) is 5.75 Å². The molecule has 0 saturated heterocycles. The van der Waals surface area contributed by atoms with Gasteiger partial charge < -0.3 is 10.5 Å².